The summed E-state index contributed by atoms with van der Waals surface area (Å²) in [4.78, 5) is 26.0. The van der Waals surface area contributed by atoms with Crippen molar-refractivity contribution in [3.63, 3.8) is 0 Å². The first kappa shape index (κ1) is 16.9. The van der Waals surface area contributed by atoms with E-state index in [1.165, 1.54) is 18.0 Å². The van der Waals surface area contributed by atoms with Crippen LogP contribution < -0.4 is 5.48 Å². The van der Waals surface area contributed by atoms with E-state index in [1.807, 2.05) is 30.3 Å². The molecule has 1 aromatic heterocycles. The van der Waals surface area contributed by atoms with Crippen LogP contribution in [-0.2, 0) is 15.3 Å². The molecule has 1 aromatic carbocycles. The maximum atomic E-state index is 12.3. The second-order valence-electron chi connectivity index (χ2n) is 5.33. The van der Waals surface area contributed by atoms with E-state index in [1.54, 1.807) is 6.20 Å². The predicted octanol–water partition coefficient (Wildman–Crippen LogP) is 2.96. The topological polar surface area (TPSA) is 73.3 Å². The number of nitrogens with one attached hydrogen (secondary N) is 1. The molecule has 0 aliphatic carbocycles. The number of aromatic nitrogens is 2. The SMILES string of the molecule is O=C(NOC1CCCCO1)c1nccnc1SCc1ccccc1. The molecule has 0 spiro atoms. The molecule has 0 radical (unpaired) electrons. The summed E-state index contributed by atoms with van der Waals surface area (Å²) in [7, 11) is 0. The highest BCUT2D eigenvalue weighted by Gasteiger charge is 2.19. The molecular weight excluding hydrogens is 326 g/mol. The summed E-state index contributed by atoms with van der Waals surface area (Å²) >= 11 is 1.47. The zero-order chi connectivity index (χ0) is 16.6. The highest BCUT2D eigenvalue weighted by molar-refractivity contribution is 7.98. The minimum atomic E-state index is -0.409. The van der Waals surface area contributed by atoms with Crippen molar-refractivity contribution in [3.8, 4) is 0 Å². The smallest absolute Gasteiger partial charge is 0.296 e. The third kappa shape index (κ3) is 4.77. The molecule has 3 rings (SSSR count). The fourth-order valence-corrected chi connectivity index (χ4v) is 3.20. The number of thioether (sulfide) groups is 1. The van der Waals surface area contributed by atoms with Gasteiger partial charge in [0.2, 0.25) is 0 Å². The Morgan fingerprint density at radius 3 is 2.88 bits per heavy atom. The van der Waals surface area contributed by atoms with Gasteiger partial charge in [0.1, 0.15) is 5.03 Å². The van der Waals surface area contributed by atoms with Gasteiger partial charge in [-0.3, -0.25) is 4.79 Å². The predicted molar refractivity (Wildman–Crippen MR) is 90.2 cm³/mol. The van der Waals surface area contributed by atoms with Crippen LogP contribution in [0, 0.1) is 0 Å². The highest BCUT2D eigenvalue weighted by Crippen LogP contribution is 2.23. The number of amides is 1. The maximum absolute atomic E-state index is 12.3. The molecule has 126 valence electrons. The average Bonchev–Trinajstić information content (AvgIpc) is 2.66. The Morgan fingerprint density at radius 1 is 1.25 bits per heavy atom. The van der Waals surface area contributed by atoms with Crippen LogP contribution >= 0.6 is 11.8 Å². The quantitative estimate of drug-likeness (QED) is 0.641. The Bertz CT molecular complexity index is 663. The third-order valence-corrected chi connectivity index (χ3v) is 4.57. The number of ether oxygens (including phenoxy) is 1. The number of rotatable bonds is 6. The molecule has 7 heteroatoms. The van der Waals surface area contributed by atoms with Gasteiger partial charge in [-0.25, -0.2) is 20.3 Å². The summed E-state index contributed by atoms with van der Waals surface area (Å²) < 4.78 is 5.42. The zero-order valence-electron chi connectivity index (χ0n) is 13.2. The summed E-state index contributed by atoms with van der Waals surface area (Å²) in [6.45, 7) is 0.657. The largest absolute Gasteiger partial charge is 0.350 e. The number of hydroxylamine groups is 1. The Labute approximate surface area is 144 Å². The fraction of sp³-hybridized carbons (Fsp3) is 0.353. The van der Waals surface area contributed by atoms with E-state index in [4.69, 9.17) is 9.57 Å². The van der Waals surface area contributed by atoms with Gasteiger partial charge in [-0.15, -0.1) is 0 Å². The molecule has 1 fully saturated rings. The van der Waals surface area contributed by atoms with Crippen molar-refractivity contribution in [2.24, 2.45) is 0 Å². The van der Waals surface area contributed by atoms with E-state index < -0.39 is 5.91 Å². The van der Waals surface area contributed by atoms with Crippen LogP contribution in [0.25, 0.3) is 0 Å². The third-order valence-electron chi connectivity index (χ3n) is 3.52. The Morgan fingerprint density at radius 2 is 2.08 bits per heavy atom. The van der Waals surface area contributed by atoms with E-state index in [0.717, 1.165) is 24.8 Å². The standard InChI is InChI=1S/C17H19N3O3S/c21-16(20-23-14-8-4-5-11-22-14)15-17(19-10-9-18-15)24-12-13-6-2-1-3-7-13/h1-3,6-7,9-10,14H,4-5,8,11-12H2,(H,20,21). The molecule has 1 atom stereocenters. The molecule has 1 aliphatic heterocycles. The van der Waals surface area contributed by atoms with Gasteiger partial charge in [0.25, 0.3) is 5.91 Å². The lowest BCUT2D eigenvalue weighted by Crippen LogP contribution is -2.33. The zero-order valence-corrected chi connectivity index (χ0v) is 14.0. The number of hydrogen-bond donors (Lipinski definition) is 1. The maximum Gasteiger partial charge on any atom is 0.296 e. The Kier molecular flexibility index (Phi) is 6.17. The minimum absolute atomic E-state index is 0.259. The lowest BCUT2D eigenvalue weighted by molar-refractivity contribution is -0.186. The summed E-state index contributed by atoms with van der Waals surface area (Å²) in [6.07, 6.45) is 5.52. The number of benzene rings is 1. The van der Waals surface area contributed by atoms with E-state index in [9.17, 15) is 4.79 Å². The van der Waals surface area contributed by atoms with Crippen molar-refractivity contribution in [3.05, 3.63) is 54.0 Å². The van der Waals surface area contributed by atoms with E-state index in [0.29, 0.717) is 17.4 Å². The Hall–Kier alpha value is -1.96. The van der Waals surface area contributed by atoms with Crippen LogP contribution in [-0.4, -0.2) is 28.8 Å². The van der Waals surface area contributed by atoms with E-state index in [2.05, 4.69) is 15.4 Å². The van der Waals surface area contributed by atoms with Gasteiger partial charge < -0.3 is 4.74 Å². The summed E-state index contributed by atoms with van der Waals surface area (Å²) in [5.41, 5.74) is 3.84. The van der Waals surface area contributed by atoms with E-state index in [-0.39, 0.29) is 12.0 Å². The second-order valence-corrected chi connectivity index (χ2v) is 6.29. The van der Waals surface area contributed by atoms with Crippen molar-refractivity contribution in [1.82, 2.24) is 15.4 Å². The van der Waals surface area contributed by atoms with E-state index >= 15 is 0 Å². The van der Waals surface area contributed by atoms with Crippen molar-refractivity contribution < 1.29 is 14.4 Å². The van der Waals surface area contributed by atoms with Gasteiger partial charge in [-0.1, -0.05) is 42.1 Å². The molecule has 1 unspecified atom stereocenters. The lowest BCUT2D eigenvalue weighted by Gasteiger charge is -2.22. The first-order valence-corrected chi connectivity index (χ1v) is 8.87. The van der Waals surface area contributed by atoms with Crippen molar-refractivity contribution in [2.75, 3.05) is 6.61 Å². The molecule has 1 N–H and O–H groups in total. The fourth-order valence-electron chi connectivity index (χ4n) is 2.28. The number of nitrogens with zero attached hydrogens (tertiary/aromatic N) is 2. The van der Waals surface area contributed by atoms with Gasteiger partial charge in [0, 0.05) is 31.2 Å². The number of carbonyl (C=O) groups is 1. The van der Waals surface area contributed by atoms with Gasteiger partial charge in [0.15, 0.2) is 12.0 Å². The first-order valence-electron chi connectivity index (χ1n) is 7.88. The molecular formula is C17H19N3O3S. The highest BCUT2D eigenvalue weighted by atomic mass is 32.2. The second kappa shape index (κ2) is 8.77. The molecule has 1 amide bonds. The average molecular weight is 345 g/mol. The van der Waals surface area contributed by atoms with Crippen molar-refractivity contribution in [1.29, 1.82) is 0 Å². The van der Waals surface area contributed by atoms with Gasteiger partial charge in [0.05, 0.1) is 0 Å². The van der Waals surface area contributed by atoms with Gasteiger partial charge >= 0.3 is 0 Å². The van der Waals surface area contributed by atoms with Gasteiger partial charge in [-0.2, -0.15) is 0 Å². The van der Waals surface area contributed by atoms with Crippen molar-refractivity contribution >= 4 is 17.7 Å². The molecule has 24 heavy (non-hydrogen) atoms. The monoisotopic (exact) mass is 345 g/mol. The molecule has 6 nitrogen and oxygen atoms in total. The number of carbonyl (C=O) groups excluding carboxylic acids is 1. The molecule has 2 heterocycles. The van der Waals surface area contributed by atoms with Crippen LogP contribution in [0.4, 0.5) is 0 Å². The first-order chi connectivity index (χ1) is 11.8. The van der Waals surface area contributed by atoms with Crippen molar-refractivity contribution in [2.45, 2.75) is 36.3 Å². The minimum Gasteiger partial charge on any atom is -0.350 e. The van der Waals surface area contributed by atoms with Crippen LogP contribution in [0.2, 0.25) is 0 Å². The lowest BCUT2D eigenvalue weighted by atomic mass is 10.2. The molecule has 0 bridgehead atoms. The number of hydrogen-bond acceptors (Lipinski definition) is 6. The normalized spacial score (nSPS) is 17.4. The molecule has 0 saturated carbocycles. The van der Waals surface area contributed by atoms with Crippen LogP contribution in [0.15, 0.2) is 47.8 Å². The van der Waals surface area contributed by atoms with Crippen LogP contribution in [0.5, 0.6) is 0 Å². The summed E-state index contributed by atoms with van der Waals surface area (Å²) in [5.74, 6) is 0.305. The molecule has 1 aliphatic rings. The summed E-state index contributed by atoms with van der Waals surface area (Å²) in [5, 5.41) is 0.576. The van der Waals surface area contributed by atoms with Crippen LogP contribution in [0.1, 0.15) is 35.3 Å². The summed E-state index contributed by atoms with van der Waals surface area (Å²) in [6, 6.07) is 10.0. The van der Waals surface area contributed by atoms with Gasteiger partial charge in [-0.05, 0) is 18.4 Å². The van der Waals surface area contributed by atoms with Crippen LogP contribution in [0.3, 0.4) is 0 Å². The molecule has 1 saturated heterocycles. The Balaban J connectivity index is 1.59. The molecule has 2 aromatic rings.